The fourth-order valence-electron chi connectivity index (χ4n) is 2.84. The lowest BCUT2D eigenvalue weighted by Gasteiger charge is -2.16. The molecule has 1 atom stereocenters. The monoisotopic (exact) mass is 280 g/mol. The van der Waals surface area contributed by atoms with E-state index < -0.39 is 0 Å². The number of hydrogen-bond donors (Lipinski definition) is 2. The standard InChI is InChI=1S/C18H20N2O/c1-2-18(21)20-15-8-5-7-14(12-15)19-17-11-10-13-6-3-4-9-16(13)17/h3-9,12,17,19H,2,10-11H2,1H3,(H,20,21). The topological polar surface area (TPSA) is 41.1 Å². The summed E-state index contributed by atoms with van der Waals surface area (Å²) in [6, 6.07) is 16.9. The minimum Gasteiger partial charge on any atom is -0.378 e. The summed E-state index contributed by atoms with van der Waals surface area (Å²) < 4.78 is 0. The van der Waals surface area contributed by atoms with Crippen LogP contribution in [0.3, 0.4) is 0 Å². The lowest BCUT2D eigenvalue weighted by Crippen LogP contribution is -2.10. The number of rotatable bonds is 4. The highest BCUT2D eigenvalue weighted by molar-refractivity contribution is 5.90. The van der Waals surface area contributed by atoms with E-state index >= 15 is 0 Å². The third kappa shape index (κ3) is 3.07. The first-order valence-electron chi connectivity index (χ1n) is 7.50. The Kier molecular flexibility index (Phi) is 3.91. The van der Waals surface area contributed by atoms with Crippen LogP contribution in [0.2, 0.25) is 0 Å². The maximum Gasteiger partial charge on any atom is 0.224 e. The number of fused-ring (bicyclic) bond motifs is 1. The molecule has 0 radical (unpaired) electrons. The summed E-state index contributed by atoms with van der Waals surface area (Å²) in [7, 11) is 0. The third-order valence-corrected chi connectivity index (χ3v) is 3.94. The van der Waals surface area contributed by atoms with Gasteiger partial charge >= 0.3 is 0 Å². The van der Waals surface area contributed by atoms with E-state index in [4.69, 9.17) is 0 Å². The average molecular weight is 280 g/mol. The molecule has 2 aromatic carbocycles. The van der Waals surface area contributed by atoms with Crippen molar-refractivity contribution >= 4 is 17.3 Å². The van der Waals surface area contributed by atoms with Gasteiger partial charge in [0.15, 0.2) is 0 Å². The van der Waals surface area contributed by atoms with Gasteiger partial charge < -0.3 is 10.6 Å². The molecule has 0 aromatic heterocycles. The van der Waals surface area contributed by atoms with E-state index in [-0.39, 0.29) is 5.91 Å². The largest absolute Gasteiger partial charge is 0.378 e. The molecule has 108 valence electrons. The zero-order chi connectivity index (χ0) is 14.7. The van der Waals surface area contributed by atoms with Gasteiger partial charge in [0.25, 0.3) is 0 Å². The van der Waals surface area contributed by atoms with Gasteiger partial charge in [-0.1, -0.05) is 37.3 Å². The van der Waals surface area contributed by atoms with Crippen LogP contribution < -0.4 is 10.6 Å². The van der Waals surface area contributed by atoms with Crippen molar-refractivity contribution in [3.8, 4) is 0 Å². The fourth-order valence-corrected chi connectivity index (χ4v) is 2.84. The van der Waals surface area contributed by atoms with Gasteiger partial charge in [0.1, 0.15) is 0 Å². The molecule has 0 saturated carbocycles. The van der Waals surface area contributed by atoms with Crippen molar-refractivity contribution in [3.05, 3.63) is 59.7 Å². The molecule has 2 N–H and O–H groups in total. The van der Waals surface area contributed by atoms with E-state index in [9.17, 15) is 4.79 Å². The number of carbonyl (C=O) groups excluding carboxylic acids is 1. The molecule has 0 aliphatic heterocycles. The summed E-state index contributed by atoms with van der Waals surface area (Å²) in [5.41, 5.74) is 4.72. The highest BCUT2D eigenvalue weighted by Crippen LogP contribution is 2.33. The van der Waals surface area contributed by atoms with Crippen LogP contribution in [0.5, 0.6) is 0 Å². The van der Waals surface area contributed by atoms with Crippen LogP contribution in [-0.2, 0) is 11.2 Å². The van der Waals surface area contributed by atoms with Gasteiger partial charge in [0.2, 0.25) is 5.91 Å². The molecule has 0 fully saturated rings. The Hall–Kier alpha value is -2.29. The van der Waals surface area contributed by atoms with Crippen LogP contribution in [-0.4, -0.2) is 5.91 Å². The predicted molar refractivity (Wildman–Crippen MR) is 86.5 cm³/mol. The van der Waals surface area contributed by atoms with Gasteiger partial charge in [-0.3, -0.25) is 4.79 Å². The second-order valence-corrected chi connectivity index (χ2v) is 5.42. The number of carbonyl (C=O) groups is 1. The Morgan fingerprint density at radius 2 is 1.95 bits per heavy atom. The number of amides is 1. The van der Waals surface area contributed by atoms with Gasteiger partial charge in [0, 0.05) is 17.8 Å². The molecule has 1 aliphatic rings. The Bertz CT molecular complexity index is 651. The molecular formula is C18H20N2O. The van der Waals surface area contributed by atoms with Crippen LogP contribution >= 0.6 is 0 Å². The van der Waals surface area contributed by atoms with E-state index in [2.05, 4.69) is 34.9 Å². The van der Waals surface area contributed by atoms with Crippen molar-refractivity contribution in [1.82, 2.24) is 0 Å². The first-order chi connectivity index (χ1) is 10.3. The molecule has 3 nitrogen and oxygen atoms in total. The van der Waals surface area contributed by atoms with Crippen LogP contribution in [0.4, 0.5) is 11.4 Å². The predicted octanol–water partition coefficient (Wildman–Crippen LogP) is 4.13. The number of nitrogens with one attached hydrogen (secondary N) is 2. The van der Waals surface area contributed by atoms with Crippen LogP contribution in [0.1, 0.15) is 36.9 Å². The molecule has 0 spiro atoms. The molecule has 2 aromatic rings. The van der Waals surface area contributed by atoms with Crippen molar-refractivity contribution in [3.63, 3.8) is 0 Å². The molecule has 3 heteroatoms. The molecule has 0 bridgehead atoms. The lowest BCUT2D eigenvalue weighted by molar-refractivity contribution is -0.115. The quantitative estimate of drug-likeness (QED) is 0.884. The van der Waals surface area contributed by atoms with Gasteiger partial charge in [-0.15, -0.1) is 0 Å². The van der Waals surface area contributed by atoms with Crippen LogP contribution in [0, 0.1) is 0 Å². The Labute approximate surface area is 125 Å². The average Bonchev–Trinajstić information content (AvgIpc) is 2.91. The highest BCUT2D eigenvalue weighted by Gasteiger charge is 2.21. The number of hydrogen-bond acceptors (Lipinski definition) is 2. The maximum absolute atomic E-state index is 11.5. The van der Waals surface area contributed by atoms with Crippen molar-refractivity contribution < 1.29 is 4.79 Å². The van der Waals surface area contributed by atoms with E-state index in [1.54, 1.807) is 0 Å². The summed E-state index contributed by atoms with van der Waals surface area (Å²) in [5, 5.41) is 6.47. The zero-order valence-corrected chi connectivity index (χ0v) is 12.2. The van der Waals surface area contributed by atoms with Gasteiger partial charge in [-0.25, -0.2) is 0 Å². The van der Waals surface area contributed by atoms with Crippen molar-refractivity contribution in [2.24, 2.45) is 0 Å². The molecule has 1 aliphatic carbocycles. The molecule has 21 heavy (non-hydrogen) atoms. The molecule has 0 heterocycles. The lowest BCUT2D eigenvalue weighted by atomic mass is 10.1. The van der Waals surface area contributed by atoms with E-state index in [1.165, 1.54) is 11.1 Å². The first-order valence-corrected chi connectivity index (χ1v) is 7.50. The van der Waals surface area contributed by atoms with Gasteiger partial charge in [-0.05, 0) is 42.2 Å². The van der Waals surface area contributed by atoms with Crippen molar-refractivity contribution in [2.75, 3.05) is 10.6 Å². The Morgan fingerprint density at radius 3 is 2.81 bits per heavy atom. The summed E-state index contributed by atoms with van der Waals surface area (Å²) in [4.78, 5) is 11.5. The Morgan fingerprint density at radius 1 is 1.14 bits per heavy atom. The smallest absolute Gasteiger partial charge is 0.224 e. The number of aryl methyl sites for hydroxylation is 1. The number of anilines is 2. The fraction of sp³-hybridized carbons (Fsp3) is 0.278. The summed E-state index contributed by atoms with van der Waals surface area (Å²) in [6.45, 7) is 1.85. The Balaban J connectivity index is 1.74. The molecule has 0 saturated heterocycles. The maximum atomic E-state index is 11.5. The summed E-state index contributed by atoms with van der Waals surface area (Å²) in [6.07, 6.45) is 2.73. The van der Waals surface area contributed by atoms with Gasteiger partial charge in [0.05, 0.1) is 6.04 Å². The molecule has 1 unspecified atom stereocenters. The van der Waals surface area contributed by atoms with Crippen molar-refractivity contribution in [1.29, 1.82) is 0 Å². The summed E-state index contributed by atoms with van der Waals surface area (Å²) >= 11 is 0. The van der Waals surface area contributed by atoms with Crippen molar-refractivity contribution in [2.45, 2.75) is 32.2 Å². The number of benzene rings is 2. The van der Waals surface area contributed by atoms with E-state index in [1.807, 2.05) is 31.2 Å². The first kappa shape index (κ1) is 13.7. The molecule has 1 amide bonds. The van der Waals surface area contributed by atoms with Crippen LogP contribution in [0.25, 0.3) is 0 Å². The highest BCUT2D eigenvalue weighted by atomic mass is 16.1. The van der Waals surface area contributed by atoms with Gasteiger partial charge in [-0.2, -0.15) is 0 Å². The second-order valence-electron chi connectivity index (χ2n) is 5.42. The third-order valence-electron chi connectivity index (χ3n) is 3.94. The van der Waals surface area contributed by atoms with E-state index in [0.717, 1.165) is 24.2 Å². The SMILES string of the molecule is CCC(=O)Nc1cccc(NC2CCc3ccccc32)c1. The summed E-state index contributed by atoms with van der Waals surface area (Å²) in [5.74, 6) is 0.0402. The molecule has 3 rings (SSSR count). The minimum atomic E-state index is 0.0402. The van der Waals surface area contributed by atoms with Crippen LogP contribution in [0.15, 0.2) is 48.5 Å². The second kappa shape index (κ2) is 6.00. The zero-order valence-electron chi connectivity index (χ0n) is 12.2. The minimum absolute atomic E-state index is 0.0402. The molecular weight excluding hydrogens is 260 g/mol. The normalized spacial score (nSPS) is 16.3. The van der Waals surface area contributed by atoms with E-state index in [0.29, 0.717) is 12.5 Å².